The number of nitrogens with zero attached hydrogens (tertiary/aromatic N) is 1. The van der Waals surface area contributed by atoms with Crippen molar-refractivity contribution in [2.24, 2.45) is 5.92 Å². The Morgan fingerprint density at radius 1 is 1.33 bits per heavy atom. The molecule has 0 bridgehead atoms. The second-order valence-corrected chi connectivity index (χ2v) is 9.37. The minimum Gasteiger partial charge on any atom is -0.495 e. The summed E-state index contributed by atoms with van der Waals surface area (Å²) < 4.78 is 6.26. The Hall–Kier alpha value is -2.09. The Kier molecular flexibility index (Phi) is 4.80. The molecule has 2 amide bonds. The maximum absolute atomic E-state index is 13.6. The van der Waals surface area contributed by atoms with Gasteiger partial charge < -0.3 is 15.4 Å². The lowest BCUT2D eigenvalue weighted by atomic mass is 9.78. The van der Waals surface area contributed by atoms with Crippen LogP contribution in [0, 0.1) is 5.92 Å². The fourth-order valence-corrected chi connectivity index (χ4v) is 5.93. The number of hydrogen-bond acceptors (Lipinski definition) is 4. The maximum Gasteiger partial charge on any atom is 0.250 e. The number of fused-ring (bicyclic) bond motifs is 4. The summed E-state index contributed by atoms with van der Waals surface area (Å²) in [6.07, 6.45) is 2.65. The molecular formula is C22H21BrClN3O3. The first-order valence-electron chi connectivity index (χ1n) is 9.97. The third-order valence-electron chi connectivity index (χ3n) is 6.56. The van der Waals surface area contributed by atoms with Gasteiger partial charge in [0.25, 0.3) is 0 Å². The number of benzene rings is 2. The van der Waals surface area contributed by atoms with Crippen molar-refractivity contribution in [1.29, 1.82) is 0 Å². The largest absolute Gasteiger partial charge is 0.495 e. The van der Waals surface area contributed by atoms with Crippen LogP contribution in [0.3, 0.4) is 0 Å². The van der Waals surface area contributed by atoms with Gasteiger partial charge in [0.2, 0.25) is 11.8 Å². The number of methoxy groups -OCH3 is 1. The monoisotopic (exact) mass is 489 g/mol. The predicted molar refractivity (Wildman–Crippen MR) is 119 cm³/mol. The predicted octanol–water partition coefficient (Wildman–Crippen LogP) is 4.38. The Morgan fingerprint density at radius 3 is 2.97 bits per heavy atom. The SMILES string of the molecule is COc1ccc(Cl)cc1NC(=O)[C@H]1C[C@@H]2CCCN2[C@]12C(=O)Nc1ccc(Br)cc12. The number of carbonyl (C=O) groups excluding carboxylic acids is 2. The number of amides is 2. The fourth-order valence-electron chi connectivity index (χ4n) is 5.39. The van der Waals surface area contributed by atoms with Gasteiger partial charge in [0, 0.05) is 26.8 Å². The van der Waals surface area contributed by atoms with Crippen molar-refractivity contribution in [3.63, 3.8) is 0 Å². The molecule has 0 saturated carbocycles. The van der Waals surface area contributed by atoms with Gasteiger partial charge in [-0.2, -0.15) is 0 Å². The highest BCUT2D eigenvalue weighted by Crippen LogP contribution is 2.56. The molecular weight excluding hydrogens is 470 g/mol. The van der Waals surface area contributed by atoms with Gasteiger partial charge in [-0.15, -0.1) is 0 Å². The van der Waals surface area contributed by atoms with Crippen LogP contribution in [0.4, 0.5) is 11.4 Å². The van der Waals surface area contributed by atoms with Crippen LogP contribution in [-0.4, -0.2) is 36.4 Å². The fraction of sp³-hybridized carbons (Fsp3) is 0.364. The Labute approximate surface area is 188 Å². The topological polar surface area (TPSA) is 70.7 Å². The van der Waals surface area contributed by atoms with Crippen LogP contribution in [0.1, 0.15) is 24.8 Å². The van der Waals surface area contributed by atoms with Crippen LogP contribution in [0.2, 0.25) is 5.02 Å². The Morgan fingerprint density at radius 2 is 2.17 bits per heavy atom. The highest BCUT2D eigenvalue weighted by Gasteiger charge is 2.65. The van der Waals surface area contributed by atoms with Crippen molar-refractivity contribution in [2.45, 2.75) is 30.8 Å². The Bertz CT molecular complexity index is 1060. The average molecular weight is 491 g/mol. The lowest BCUT2D eigenvalue weighted by molar-refractivity contribution is -0.135. The van der Waals surface area contributed by atoms with E-state index < -0.39 is 11.5 Å². The van der Waals surface area contributed by atoms with E-state index in [0.29, 0.717) is 22.9 Å². The molecule has 2 N–H and O–H groups in total. The van der Waals surface area contributed by atoms with E-state index in [0.717, 1.165) is 35.1 Å². The van der Waals surface area contributed by atoms with Crippen LogP contribution in [0.25, 0.3) is 0 Å². The number of carbonyl (C=O) groups is 2. The highest BCUT2D eigenvalue weighted by molar-refractivity contribution is 9.10. The summed E-state index contributed by atoms with van der Waals surface area (Å²) in [6, 6.07) is 11.1. The van der Waals surface area contributed by atoms with Crippen molar-refractivity contribution in [1.82, 2.24) is 4.90 Å². The van der Waals surface area contributed by atoms with Gasteiger partial charge in [-0.1, -0.05) is 27.5 Å². The summed E-state index contributed by atoms with van der Waals surface area (Å²) in [7, 11) is 1.55. The van der Waals surface area contributed by atoms with Gasteiger partial charge in [0.05, 0.1) is 18.7 Å². The number of halogens is 2. The second-order valence-electron chi connectivity index (χ2n) is 8.02. The molecule has 3 atom stereocenters. The molecule has 3 aliphatic rings. The van der Waals surface area contributed by atoms with Crippen LogP contribution in [-0.2, 0) is 15.1 Å². The molecule has 8 heteroatoms. The number of nitrogens with one attached hydrogen (secondary N) is 2. The molecule has 0 aliphatic carbocycles. The molecule has 1 spiro atoms. The molecule has 0 unspecified atom stereocenters. The molecule has 156 valence electrons. The number of ether oxygens (including phenoxy) is 1. The smallest absolute Gasteiger partial charge is 0.250 e. The summed E-state index contributed by atoms with van der Waals surface area (Å²) in [5, 5.41) is 6.51. The molecule has 2 fully saturated rings. The molecule has 0 radical (unpaired) electrons. The highest BCUT2D eigenvalue weighted by atomic mass is 79.9. The van der Waals surface area contributed by atoms with E-state index in [4.69, 9.17) is 16.3 Å². The van der Waals surface area contributed by atoms with Gasteiger partial charge in [0.15, 0.2) is 0 Å². The van der Waals surface area contributed by atoms with Crippen LogP contribution in [0.15, 0.2) is 40.9 Å². The van der Waals surface area contributed by atoms with E-state index in [9.17, 15) is 9.59 Å². The minimum absolute atomic E-state index is 0.127. The quantitative estimate of drug-likeness (QED) is 0.670. The van der Waals surface area contributed by atoms with Crippen molar-refractivity contribution in [3.05, 3.63) is 51.5 Å². The Balaban J connectivity index is 1.59. The first-order chi connectivity index (χ1) is 14.4. The molecule has 0 aromatic heterocycles. The first kappa shape index (κ1) is 19.8. The molecule has 5 rings (SSSR count). The van der Waals surface area contributed by atoms with Crippen LogP contribution in [0.5, 0.6) is 5.75 Å². The minimum atomic E-state index is -1.00. The summed E-state index contributed by atoms with van der Waals surface area (Å²) in [4.78, 5) is 29.3. The van der Waals surface area contributed by atoms with Crippen molar-refractivity contribution < 1.29 is 14.3 Å². The average Bonchev–Trinajstić information content (AvgIpc) is 3.37. The normalized spacial score (nSPS) is 27.1. The second kappa shape index (κ2) is 7.25. The van der Waals surface area contributed by atoms with E-state index in [1.165, 1.54) is 0 Å². The van der Waals surface area contributed by atoms with Gasteiger partial charge >= 0.3 is 0 Å². The maximum atomic E-state index is 13.6. The zero-order chi connectivity index (χ0) is 21.0. The molecule has 30 heavy (non-hydrogen) atoms. The third kappa shape index (κ3) is 2.79. The van der Waals surface area contributed by atoms with Gasteiger partial charge in [-0.25, -0.2) is 0 Å². The molecule has 6 nitrogen and oxygen atoms in total. The zero-order valence-corrected chi connectivity index (χ0v) is 18.7. The number of hydrogen-bond donors (Lipinski definition) is 2. The molecule has 2 aromatic carbocycles. The lowest BCUT2D eigenvalue weighted by Crippen LogP contribution is -2.53. The van der Waals surface area contributed by atoms with Crippen molar-refractivity contribution in [2.75, 3.05) is 24.3 Å². The molecule has 3 aliphatic heterocycles. The van der Waals surface area contributed by atoms with E-state index in [1.807, 2.05) is 18.2 Å². The van der Waals surface area contributed by atoms with E-state index >= 15 is 0 Å². The van der Waals surface area contributed by atoms with Gasteiger partial charge in [-0.3, -0.25) is 14.5 Å². The van der Waals surface area contributed by atoms with Gasteiger partial charge in [-0.05, 0) is 62.2 Å². The standard InChI is InChI=1S/C22H21BrClN3O3/c1-30-19-7-5-13(24)10-18(19)25-20(28)16-11-14-3-2-8-27(14)22(16)15-9-12(23)4-6-17(15)26-21(22)29/h4-7,9-10,14,16H,2-3,8,11H2,1H3,(H,25,28)(H,26,29)/t14-,16+,22-/m0/s1. The summed E-state index contributed by atoms with van der Waals surface area (Å²) >= 11 is 9.67. The van der Waals surface area contributed by atoms with E-state index in [2.05, 4.69) is 31.5 Å². The van der Waals surface area contributed by atoms with Gasteiger partial charge in [0.1, 0.15) is 11.3 Å². The zero-order valence-electron chi connectivity index (χ0n) is 16.4. The van der Waals surface area contributed by atoms with Crippen molar-refractivity contribution >= 4 is 50.7 Å². The van der Waals surface area contributed by atoms with Crippen LogP contribution >= 0.6 is 27.5 Å². The molecule has 2 saturated heterocycles. The lowest BCUT2D eigenvalue weighted by Gasteiger charge is -2.36. The number of anilines is 2. The number of rotatable bonds is 3. The molecule has 3 heterocycles. The van der Waals surface area contributed by atoms with Crippen LogP contribution < -0.4 is 15.4 Å². The third-order valence-corrected chi connectivity index (χ3v) is 7.29. The first-order valence-corrected chi connectivity index (χ1v) is 11.1. The summed E-state index contributed by atoms with van der Waals surface area (Å²) in [6.45, 7) is 0.800. The molecule has 2 aromatic rings. The van der Waals surface area contributed by atoms with E-state index in [1.54, 1.807) is 25.3 Å². The van der Waals surface area contributed by atoms with Crippen molar-refractivity contribution in [3.8, 4) is 5.75 Å². The summed E-state index contributed by atoms with van der Waals surface area (Å²) in [5.74, 6) is -0.326. The summed E-state index contributed by atoms with van der Waals surface area (Å²) in [5.41, 5.74) is 1.14. The van der Waals surface area contributed by atoms with E-state index in [-0.39, 0.29) is 17.9 Å².